The molecule has 0 unspecified atom stereocenters. The van der Waals surface area contributed by atoms with Crippen molar-refractivity contribution in [1.29, 1.82) is 5.26 Å². The van der Waals surface area contributed by atoms with Crippen molar-refractivity contribution >= 4 is 5.95 Å². The molecule has 0 radical (unpaired) electrons. The molecule has 1 saturated heterocycles. The Bertz CT molecular complexity index is 628. The van der Waals surface area contributed by atoms with Gasteiger partial charge >= 0.3 is 0 Å². The van der Waals surface area contributed by atoms with Crippen molar-refractivity contribution in [1.82, 2.24) is 19.9 Å². The van der Waals surface area contributed by atoms with Crippen molar-refractivity contribution in [2.24, 2.45) is 0 Å². The lowest BCUT2D eigenvalue weighted by atomic mass is 10.2. The smallest absolute Gasteiger partial charge is 0.225 e. The maximum absolute atomic E-state index is 8.92. The van der Waals surface area contributed by atoms with E-state index in [4.69, 9.17) is 5.26 Å². The number of piperazine rings is 1. The highest BCUT2D eigenvalue weighted by Gasteiger charge is 2.19. The Labute approximate surface area is 123 Å². The van der Waals surface area contributed by atoms with Gasteiger partial charge in [-0.3, -0.25) is 9.88 Å². The van der Waals surface area contributed by atoms with E-state index < -0.39 is 0 Å². The van der Waals surface area contributed by atoms with Crippen LogP contribution in [0.1, 0.15) is 11.3 Å². The second-order valence-corrected chi connectivity index (χ2v) is 4.96. The normalized spacial score (nSPS) is 15.7. The summed E-state index contributed by atoms with van der Waals surface area (Å²) in [7, 11) is 0. The van der Waals surface area contributed by atoms with Gasteiger partial charge < -0.3 is 4.90 Å². The molecule has 0 atom stereocenters. The van der Waals surface area contributed by atoms with Gasteiger partial charge in [-0.2, -0.15) is 5.26 Å². The molecule has 1 aliphatic rings. The van der Waals surface area contributed by atoms with Crippen molar-refractivity contribution in [3.8, 4) is 6.07 Å². The fraction of sp³-hybridized carbons (Fsp3) is 0.333. The molecule has 0 saturated carbocycles. The number of nitrogens with zero attached hydrogens (tertiary/aromatic N) is 6. The zero-order valence-electron chi connectivity index (χ0n) is 11.7. The topological polar surface area (TPSA) is 68.9 Å². The number of hydrogen-bond donors (Lipinski definition) is 0. The highest BCUT2D eigenvalue weighted by atomic mass is 15.3. The second-order valence-electron chi connectivity index (χ2n) is 4.96. The van der Waals surface area contributed by atoms with Crippen molar-refractivity contribution in [2.45, 2.75) is 6.54 Å². The summed E-state index contributed by atoms with van der Waals surface area (Å²) in [6.07, 6.45) is 5.24. The third-order valence-corrected chi connectivity index (χ3v) is 3.54. The lowest BCUT2D eigenvalue weighted by Gasteiger charge is -2.34. The van der Waals surface area contributed by atoms with Crippen LogP contribution in [0.4, 0.5) is 5.95 Å². The fourth-order valence-electron chi connectivity index (χ4n) is 2.42. The van der Waals surface area contributed by atoms with Gasteiger partial charge in [0.1, 0.15) is 0 Å². The molecular formula is C15H16N6. The predicted octanol–water partition coefficient (Wildman–Crippen LogP) is 1.07. The molecule has 1 aliphatic heterocycles. The summed E-state index contributed by atoms with van der Waals surface area (Å²) < 4.78 is 0. The molecule has 3 heterocycles. The zero-order valence-corrected chi connectivity index (χ0v) is 11.7. The fourth-order valence-corrected chi connectivity index (χ4v) is 2.42. The minimum atomic E-state index is 0.663. The van der Waals surface area contributed by atoms with Crippen molar-refractivity contribution in [2.75, 3.05) is 31.1 Å². The summed E-state index contributed by atoms with van der Waals surface area (Å²) in [5.41, 5.74) is 1.61. The lowest BCUT2D eigenvalue weighted by Crippen LogP contribution is -2.46. The zero-order chi connectivity index (χ0) is 14.5. The van der Waals surface area contributed by atoms with E-state index in [1.54, 1.807) is 24.7 Å². The monoisotopic (exact) mass is 280 g/mol. The van der Waals surface area contributed by atoms with Crippen LogP contribution in [-0.2, 0) is 6.54 Å². The van der Waals surface area contributed by atoms with Gasteiger partial charge in [0.05, 0.1) is 17.3 Å². The maximum Gasteiger partial charge on any atom is 0.225 e. The molecule has 21 heavy (non-hydrogen) atoms. The van der Waals surface area contributed by atoms with Gasteiger partial charge in [0.15, 0.2) is 0 Å². The van der Waals surface area contributed by atoms with Crippen LogP contribution in [0.2, 0.25) is 0 Å². The van der Waals surface area contributed by atoms with Crippen LogP contribution in [0.15, 0.2) is 36.8 Å². The van der Waals surface area contributed by atoms with Crippen molar-refractivity contribution in [3.05, 3.63) is 48.0 Å². The van der Waals surface area contributed by atoms with Crippen LogP contribution in [-0.4, -0.2) is 46.0 Å². The highest BCUT2D eigenvalue weighted by molar-refractivity contribution is 5.30. The number of aromatic nitrogens is 3. The van der Waals surface area contributed by atoms with Gasteiger partial charge in [-0.05, 0) is 18.2 Å². The Morgan fingerprint density at radius 1 is 1.05 bits per heavy atom. The molecule has 2 aromatic heterocycles. The van der Waals surface area contributed by atoms with Gasteiger partial charge in [0, 0.05) is 51.3 Å². The number of nitriles is 1. The molecule has 0 bridgehead atoms. The molecule has 3 rings (SSSR count). The summed E-state index contributed by atoms with van der Waals surface area (Å²) in [5, 5.41) is 8.92. The van der Waals surface area contributed by atoms with E-state index >= 15 is 0 Å². The van der Waals surface area contributed by atoms with Gasteiger partial charge in [-0.15, -0.1) is 0 Å². The minimum Gasteiger partial charge on any atom is -0.338 e. The molecule has 0 aromatic carbocycles. The Morgan fingerprint density at radius 3 is 2.52 bits per heavy atom. The molecule has 106 valence electrons. The van der Waals surface area contributed by atoms with Crippen molar-refractivity contribution in [3.63, 3.8) is 0 Å². The van der Waals surface area contributed by atoms with Crippen LogP contribution in [0.25, 0.3) is 0 Å². The van der Waals surface area contributed by atoms with Gasteiger partial charge in [-0.1, -0.05) is 0 Å². The van der Waals surface area contributed by atoms with E-state index in [9.17, 15) is 0 Å². The molecule has 6 nitrogen and oxygen atoms in total. The first kappa shape index (κ1) is 13.5. The molecule has 0 N–H and O–H groups in total. The first-order valence-electron chi connectivity index (χ1n) is 6.94. The number of hydrogen-bond acceptors (Lipinski definition) is 6. The van der Waals surface area contributed by atoms with Crippen LogP contribution in [0.5, 0.6) is 0 Å². The number of anilines is 1. The van der Waals surface area contributed by atoms with E-state index in [1.807, 2.05) is 12.1 Å². The molecule has 0 aliphatic carbocycles. The molecule has 0 amide bonds. The third-order valence-electron chi connectivity index (χ3n) is 3.54. The quantitative estimate of drug-likeness (QED) is 0.837. The van der Waals surface area contributed by atoms with Gasteiger partial charge in [-0.25, -0.2) is 9.97 Å². The van der Waals surface area contributed by atoms with E-state index in [0.29, 0.717) is 5.56 Å². The lowest BCUT2D eigenvalue weighted by molar-refractivity contribution is 0.246. The standard InChI is InChI=1S/C15H16N6/c16-11-13-2-5-17-14(10-13)12-20-6-8-21(9-7-20)15-18-3-1-4-19-15/h1-5,10H,6-9,12H2. The maximum atomic E-state index is 8.92. The molecule has 2 aromatic rings. The van der Waals surface area contributed by atoms with Gasteiger partial charge in [0.25, 0.3) is 0 Å². The van der Waals surface area contributed by atoms with Crippen LogP contribution in [0.3, 0.4) is 0 Å². The molecule has 1 fully saturated rings. The Balaban J connectivity index is 1.57. The summed E-state index contributed by atoms with van der Waals surface area (Å²) in [5.74, 6) is 0.793. The summed E-state index contributed by atoms with van der Waals surface area (Å²) in [4.78, 5) is 17.4. The predicted molar refractivity (Wildman–Crippen MR) is 78.5 cm³/mol. The Morgan fingerprint density at radius 2 is 1.81 bits per heavy atom. The van der Waals surface area contributed by atoms with Gasteiger partial charge in [0.2, 0.25) is 5.95 Å². The van der Waals surface area contributed by atoms with E-state index in [2.05, 4.69) is 30.8 Å². The van der Waals surface area contributed by atoms with Crippen LogP contribution in [0, 0.1) is 11.3 Å². The minimum absolute atomic E-state index is 0.663. The largest absolute Gasteiger partial charge is 0.338 e. The summed E-state index contributed by atoms with van der Waals surface area (Å²) in [6, 6.07) is 7.56. The Kier molecular flexibility index (Phi) is 4.03. The number of pyridine rings is 1. The first-order chi connectivity index (χ1) is 10.3. The number of rotatable bonds is 3. The molecule has 0 spiro atoms. The molecule has 6 heteroatoms. The average Bonchev–Trinajstić information content (AvgIpc) is 2.56. The first-order valence-corrected chi connectivity index (χ1v) is 6.94. The second kappa shape index (κ2) is 6.29. The summed E-state index contributed by atoms with van der Waals surface area (Å²) >= 11 is 0. The Hall–Kier alpha value is -2.52. The highest BCUT2D eigenvalue weighted by Crippen LogP contribution is 2.12. The third kappa shape index (κ3) is 3.33. The van der Waals surface area contributed by atoms with E-state index in [0.717, 1.165) is 44.4 Å². The molecular weight excluding hydrogens is 264 g/mol. The van der Waals surface area contributed by atoms with Crippen LogP contribution < -0.4 is 4.90 Å². The SMILES string of the molecule is N#Cc1ccnc(CN2CCN(c3ncccn3)CC2)c1. The van der Waals surface area contributed by atoms with Crippen LogP contribution >= 0.6 is 0 Å². The van der Waals surface area contributed by atoms with E-state index in [-0.39, 0.29) is 0 Å². The summed E-state index contributed by atoms with van der Waals surface area (Å²) in [6.45, 7) is 4.47. The van der Waals surface area contributed by atoms with E-state index in [1.165, 1.54) is 0 Å². The average molecular weight is 280 g/mol. The van der Waals surface area contributed by atoms with Crippen molar-refractivity contribution < 1.29 is 0 Å².